The van der Waals surface area contributed by atoms with E-state index in [-0.39, 0.29) is 12.3 Å². The number of rotatable bonds is 3. The van der Waals surface area contributed by atoms with Gasteiger partial charge in [0.2, 0.25) is 5.91 Å². The van der Waals surface area contributed by atoms with Crippen LogP contribution >= 0.6 is 23.2 Å². The van der Waals surface area contributed by atoms with Crippen LogP contribution in [0.25, 0.3) is 0 Å². The summed E-state index contributed by atoms with van der Waals surface area (Å²) in [6, 6.07) is 5.07. The molecule has 0 unspecified atom stereocenters. The molecule has 100 valence electrons. The molecule has 0 aliphatic carbocycles. The third-order valence-electron chi connectivity index (χ3n) is 2.88. The Labute approximate surface area is 121 Å². The Morgan fingerprint density at radius 1 is 1.37 bits per heavy atom. The highest BCUT2D eigenvalue weighted by Crippen LogP contribution is 2.22. The second kappa shape index (κ2) is 5.63. The van der Waals surface area contributed by atoms with Crippen LogP contribution in [0.15, 0.2) is 18.2 Å². The number of anilines is 1. The number of carbonyl (C=O) groups excluding carboxylic acids is 1. The van der Waals surface area contributed by atoms with Crippen molar-refractivity contribution in [1.29, 1.82) is 0 Å². The SMILES string of the molecule is Cc1[nH]nc(NC(=O)Cc2ccc(Cl)cc2Cl)c1C. The number of aromatic nitrogens is 2. The third kappa shape index (κ3) is 3.28. The molecule has 0 fully saturated rings. The number of aryl methyl sites for hydroxylation is 1. The smallest absolute Gasteiger partial charge is 0.230 e. The summed E-state index contributed by atoms with van der Waals surface area (Å²) in [7, 11) is 0. The molecule has 0 atom stereocenters. The normalized spacial score (nSPS) is 10.5. The molecule has 0 aliphatic rings. The molecule has 6 heteroatoms. The molecule has 2 aromatic rings. The minimum atomic E-state index is -0.168. The number of amides is 1. The Bertz CT molecular complexity index is 622. The zero-order chi connectivity index (χ0) is 14.0. The van der Waals surface area contributed by atoms with Gasteiger partial charge in [-0.15, -0.1) is 0 Å². The minimum absolute atomic E-state index is 0.168. The van der Waals surface area contributed by atoms with Gasteiger partial charge < -0.3 is 5.32 Å². The van der Waals surface area contributed by atoms with Crippen molar-refractivity contribution in [1.82, 2.24) is 10.2 Å². The van der Waals surface area contributed by atoms with Gasteiger partial charge in [-0.05, 0) is 31.5 Å². The summed E-state index contributed by atoms with van der Waals surface area (Å²) in [5, 5.41) is 10.6. The van der Waals surface area contributed by atoms with Crippen LogP contribution in [0.4, 0.5) is 5.82 Å². The Hall–Kier alpha value is -1.52. The fraction of sp³-hybridized carbons (Fsp3) is 0.231. The lowest BCUT2D eigenvalue weighted by molar-refractivity contribution is -0.115. The number of benzene rings is 1. The van der Waals surface area contributed by atoms with Crippen LogP contribution in [0.1, 0.15) is 16.8 Å². The van der Waals surface area contributed by atoms with Gasteiger partial charge in [-0.2, -0.15) is 5.10 Å². The van der Waals surface area contributed by atoms with Gasteiger partial charge in [0, 0.05) is 21.3 Å². The molecular weight excluding hydrogens is 285 g/mol. The van der Waals surface area contributed by atoms with Gasteiger partial charge >= 0.3 is 0 Å². The van der Waals surface area contributed by atoms with Crippen molar-refractivity contribution in [2.45, 2.75) is 20.3 Å². The molecular formula is C13H13Cl2N3O. The van der Waals surface area contributed by atoms with Crippen molar-refractivity contribution >= 4 is 34.9 Å². The van der Waals surface area contributed by atoms with Crippen LogP contribution in [-0.4, -0.2) is 16.1 Å². The molecule has 0 aliphatic heterocycles. The van der Waals surface area contributed by atoms with E-state index >= 15 is 0 Å². The van der Waals surface area contributed by atoms with Crippen LogP contribution in [-0.2, 0) is 11.2 Å². The first-order valence-electron chi connectivity index (χ1n) is 5.72. The van der Waals surface area contributed by atoms with Gasteiger partial charge in [0.1, 0.15) is 0 Å². The molecule has 4 nitrogen and oxygen atoms in total. The molecule has 1 amide bonds. The van der Waals surface area contributed by atoms with E-state index in [1.807, 2.05) is 13.8 Å². The van der Waals surface area contributed by atoms with E-state index in [0.717, 1.165) is 16.8 Å². The molecule has 0 saturated heterocycles. The predicted molar refractivity (Wildman–Crippen MR) is 76.9 cm³/mol. The van der Waals surface area contributed by atoms with Crippen molar-refractivity contribution in [2.75, 3.05) is 5.32 Å². The lowest BCUT2D eigenvalue weighted by Crippen LogP contribution is -2.15. The standard InChI is InChI=1S/C13H13Cl2N3O/c1-7-8(2)17-18-13(7)16-12(19)5-9-3-4-10(14)6-11(9)15/h3-4,6H,5H2,1-2H3,(H2,16,17,18,19). The number of aromatic amines is 1. The van der Waals surface area contributed by atoms with Gasteiger partial charge in [0.15, 0.2) is 5.82 Å². The van der Waals surface area contributed by atoms with Crippen LogP contribution in [0.3, 0.4) is 0 Å². The summed E-state index contributed by atoms with van der Waals surface area (Å²) in [5.41, 5.74) is 2.59. The lowest BCUT2D eigenvalue weighted by atomic mass is 10.1. The minimum Gasteiger partial charge on any atom is -0.309 e. The van der Waals surface area contributed by atoms with Gasteiger partial charge in [0.05, 0.1) is 6.42 Å². The molecule has 2 N–H and O–H groups in total. The summed E-state index contributed by atoms with van der Waals surface area (Å²) < 4.78 is 0. The Balaban J connectivity index is 2.07. The van der Waals surface area contributed by atoms with Gasteiger partial charge in [-0.25, -0.2) is 0 Å². The topological polar surface area (TPSA) is 57.8 Å². The Morgan fingerprint density at radius 3 is 2.68 bits per heavy atom. The summed E-state index contributed by atoms with van der Waals surface area (Å²) >= 11 is 11.8. The molecule has 1 heterocycles. The maximum atomic E-state index is 11.9. The average Bonchev–Trinajstić information content (AvgIpc) is 2.65. The largest absolute Gasteiger partial charge is 0.309 e. The lowest BCUT2D eigenvalue weighted by Gasteiger charge is -2.05. The second-order valence-electron chi connectivity index (χ2n) is 4.28. The highest BCUT2D eigenvalue weighted by Gasteiger charge is 2.11. The zero-order valence-electron chi connectivity index (χ0n) is 10.6. The molecule has 0 saturated carbocycles. The van der Waals surface area contributed by atoms with E-state index in [4.69, 9.17) is 23.2 Å². The fourth-order valence-corrected chi connectivity index (χ4v) is 2.10. The summed E-state index contributed by atoms with van der Waals surface area (Å²) in [5.74, 6) is 0.381. The Kier molecular flexibility index (Phi) is 4.12. The number of halogens is 2. The summed E-state index contributed by atoms with van der Waals surface area (Å²) in [6.45, 7) is 3.79. The van der Waals surface area contributed by atoms with Crippen LogP contribution in [0.5, 0.6) is 0 Å². The van der Waals surface area contributed by atoms with Crippen LogP contribution in [0, 0.1) is 13.8 Å². The van der Waals surface area contributed by atoms with Gasteiger partial charge in [0.25, 0.3) is 0 Å². The molecule has 0 bridgehead atoms. The molecule has 0 radical (unpaired) electrons. The molecule has 1 aromatic carbocycles. The van der Waals surface area contributed by atoms with E-state index in [1.165, 1.54) is 0 Å². The van der Waals surface area contributed by atoms with Crippen LogP contribution in [0.2, 0.25) is 10.0 Å². The maximum Gasteiger partial charge on any atom is 0.230 e. The fourth-order valence-electron chi connectivity index (χ4n) is 1.62. The van der Waals surface area contributed by atoms with Crippen LogP contribution < -0.4 is 5.32 Å². The average molecular weight is 298 g/mol. The number of hydrogen-bond donors (Lipinski definition) is 2. The van der Waals surface area contributed by atoms with E-state index in [0.29, 0.717) is 15.9 Å². The van der Waals surface area contributed by atoms with Crippen molar-refractivity contribution in [3.63, 3.8) is 0 Å². The van der Waals surface area contributed by atoms with Crippen molar-refractivity contribution < 1.29 is 4.79 Å². The van der Waals surface area contributed by atoms with E-state index in [2.05, 4.69) is 15.5 Å². The van der Waals surface area contributed by atoms with Gasteiger partial charge in [-0.1, -0.05) is 29.3 Å². The number of hydrogen-bond acceptors (Lipinski definition) is 2. The number of carbonyl (C=O) groups is 1. The maximum absolute atomic E-state index is 11.9. The second-order valence-corrected chi connectivity index (χ2v) is 5.13. The highest BCUT2D eigenvalue weighted by atomic mass is 35.5. The zero-order valence-corrected chi connectivity index (χ0v) is 12.1. The van der Waals surface area contributed by atoms with E-state index in [9.17, 15) is 4.79 Å². The number of nitrogens with zero attached hydrogens (tertiary/aromatic N) is 1. The van der Waals surface area contributed by atoms with Crippen molar-refractivity contribution in [2.24, 2.45) is 0 Å². The predicted octanol–water partition coefficient (Wildman–Crippen LogP) is 3.51. The first kappa shape index (κ1) is 13.9. The quantitative estimate of drug-likeness (QED) is 0.911. The van der Waals surface area contributed by atoms with Crippen molar-refractivity contribution in [3.8, 4) is 0 Å². The summed E-state index contributed by atoms with van der Waals surface area (Å²) in [4.78, 5) is 11.9. The van der Waals surface area contributed by atoms with Crippen molar-refractivity contribution in [3.05, 3.63) is 45.1 Å². The number of nitrogens with one attached hydrogen (secondary N) is 2. The Morgan fingerprint density at radius 2 is 2.11 bits per heavy atom. The number of H-pyrrole nitrogens is 1. The first-order valence-corrected chi connectivity index (χ1v) is 6.48. The molecule has 1 aromatic heterocycles. The molecule has 0 spiro atoms. The highest BCUT2D eigenvalue weighted by molar-refractivity contribution is 6.35. The van der Waals surface area contributed by atoms with Gasteiger partial charge in [-0.3, -0.25) is 9.89 Å². The molecule has 19 heavy (non-hydrogen) atoms. The van der Waals surface area contributed by atoms with E-state index in [1.54, 1.807) is 18.2 Å². The summed E-state index contributed by atoms with van der Waals surface area (Å²) in [6.07, 6.45) is 0.182. The molecule has 2 rings (SSSR count). The monoisotopic (exact) mass is 297 g/mol. The first-order chi connectivity index (χ1) is 8.97. The third-order valence-corrected chi connectivity index (χ3v) is 3.46. The van der Waals surface area contributed by atoms with E-state index < -0.39 is 0 Å².